The molecule has 0 aliphatic carbocycles. The quantitative estimate of drug-likeness (QED) is 0.688. The van der Waals surface area contributed by atoms with Gasteiger partial charge in [0.1, 0.15) is 5.69 Å². The van der Waals surface area contributed by atoms with Gasteiger partial charge in [-0.05, 0) is 45.8 Å². The highest BCUT2D eigenvalue weighted by Crippen LogP contribution is 2.36. The molecule has 3 N–H and O–H groups in total. The van der Waals surface area contributed by atoms with E-state index < -0.39 is 0 Å². The van der Waals surface area contributed by atoms with Crippen molar-refractivity contribution in [2.75, 3.05) is 5.73 Å². The highest BCUT2D eigenvalue weighted by atomic mass is 79.9. The first-order valence-electron chi connectivity index (χ1n) is 5.50. The van der Waals surface area contributed by atoms with E-state index in [-0.39, 0.29) is 0 Å². The van der Waals surface area contributed by atoms with Crippen LogP contribution in [-0.4, -0.2) is 10.2 Å². The number of hydrogen-bond acceptors (Lipinski definition) is 3. The van der Waals surface area contributed by atoms with Crippen LogP contribution in [0.25, 0.3) is 22.6 Å². The average Bonchev–Trinajstić information content (AvgIpc) is 2.97. The first-order chi connectivity index (χ1) is 9.15. The Morgan fingerprint density at radius 3 is 2.42 bits per heavy atom. The van der Waals surface area contributed by atoms with E-state index in [0.717, 1.165) is 21.3 Å². The van der Waals surface area contributed by atoms with Gasteiger partial charge in [-0.25, -0.2) is 0 Å². The van der Waals surface area contributed by atoms with Crippen LogP contribution >= 0.6 is 31.9 Å². The highest BCUT2D eigenvalue weighted by molar-refractivity contribution is 9.10. The Hall–Kier alpha value is -1.53. The fraction of sp³-hybridized carbons (Fsp3) is 0. The number of H-pyrrole nitrogens is 1. The molecule has 0 aliphatic heterocycles. The molecule has 0 atom stereocenters. The minimum absolute atomic E-state index is 0.449. The lowest BCUT2D eigenvalue weighted by Gasteiger charge is -2.02. The second kappa shape index (κ2) is 4.86. The van der Waals surface area contributed by atoms with Gasteiger partial charge in [0.15, 0.2) is 16.2 Å². The maximum Gasteiger partial charge on any atom is 0.169 e. The number of benzene rings is 1. The zero-order chi connectivity index (χ0) is 13.4. The van der Waals surface area contributed by atoms with E-state index in [1.54, 1.807) is 0 Å². The third kappa shape index (κ3) is 2.33. The van der Waals surface area contributed by atoms with Gasteiger partial charge in [0.25, 0.3) is 0 Å². The highest BCUT2D eigenvalue weighted by Gasteiger charge is 2.17. The molecule has 0 amide bonds. The molecule has 2 heterocycles. The van der Waals surface area contributed by atoms with Gasteiger partial charge in [-0.3, -0.25) is 5.10 Å². The first kappa shape index (κ1) is 12.5. The molecule has 1 aromatic carbocycles. The summed E-state index contributed by atoms with van der Waals surface area (Å²) >= 11 is 6.70. The summed E-state index contributed by atoms with van der Waals surface area (Å²) in [5.41, 5.74) is 8.54. The van der Waals surface area contributed by atoms with Gasteiger partial charge in [-0.1, -0.05) is 28.1 Å². The van der Waals surface area contributed by atoms with E-state index in [1.165, 1.54) is 0 Å². The fourth-order valence-corrected chi connectivity index (χ4v) is 2.46. The molecule has 0 saturated carbocycles. The Morgan fingerprint density at radius 2 is 1.79 bits per heavy atom. The summed E-state index contributed by atoms with van der Waals surface area (Å²) in [5, 5.41) is 6.98. The molecule has 0 spiro atoms. The number of rotatable bonds is 2. The van der Waals surface area contributed by atoms with Crippen molar-refractivity contribution in [3.63, 3.8) is 0 Å². The summed E-state index contributed by atoms with van der Waals surface area (Å²) in [5.74, 6) is 1.14. The lowest BCUT2D eigenvalue weighted by atomic mass is 10.0. The Balaban J connectivity index is 2.16. The summed E-state index contributed by atoms with van der Waals surface area (Å²) in [6.07, 6.45) is 0. The van der Waals surface area contributed by atoms with Gasteiger partial charge >= 0.3 is 0 Å². The lowest BCUT2D eigenvalue weighted by molar-refractivity contribution is 0.553. The number of aromatic amines is 1. The van der Waals surface area contributed by atoms with Gasteiger partial charge in [0.05, 0.1) is 5.56 Å². The van der Waals surface area contributed by atoms with Crippen molar-refractivity contribution in [3.8, 4) is 22.6 Å². The predicted octanol–water partition coefficient (Wildman–Crippen LogP) is 4.44. The Labute approximate surface area is 126 Å². The minimum atomic E-state index is 0.449. The molecular weight excluding hydrogens is 374 g/mol. The van der Waals surface area contributed by atoms with E-state index in [0.29, 0.717) is 16.2 Å². The molecule has 0 fully saturated rings. The topological polar surface area (TPSA) is 67.8 Å². The standard InChI is InChI=1S/C13H9Br2N3O/c14-8-3-1-7(2-4-8)11-12(17-18-13(11)16)9-5-6-10(15)19-9/h1-6H,(H3,16,17,18). The van der Waals surface area contributed by atoms with Gasteiger partial charge in [-0.15, -0.1) is 0 Å². The smallest absolute Gasteiger partial charge is 0.169 e. The van der Waals surface area contributed by atoms with E-state index >= 15 is 0 Å². The molecule has 0 bridgehead atoms. The van der Waals surface area contributed by atoms with Crippen LogP contribution in [0.2, 0.25) is 0 Å². The number of nitrogens with two attached hydrogens (primary N) is 1. The zero-order valence-corrected chi connectivity index (χ0v) is 12.8. The number of nitrogens with one attached hydrogen (secondary N) is 1. The van der Waals surface area contributed by atoms with Gasteiger partial charge in [-0.2, -0.15) is 5.10 Å². The molecule has 3 rings (SSSR count). The van der Waals surface area contributed by atoms with Crippen molar-refractivity contribution in [2.45, 2.75) is 0 Å². The lowest BCUT2D eigenvalue weighted by Crippen LogP contribution is -1.88. The number of hydrogen-bond donors (Lipinski definition) is 2. The molecule has 96 valence electrons. The Bertz CT molecular complexity index is 716. The van der Waals surface area contributed by atoms with Crippen LogP contribution in [0.1, 0.15) is 0 Å². The molecule has 0 unspecified atom stereocenters. The largest absolute Gasteiger partial charge is 0.448 e. The van der Waals surface area contributed by atoms with Crippen molar-refractivity contribution in [3.05, 3.63) is 45.5 Å². The van der Waals surface area contributed by atoms with Gasteiger partial charge in [0.2, 0.25) is 0 Å². The first-order valence-corrected chi connectivity index (χ1v) is 7.09. The monoisotopic (exact) mass is 381 g/mol. The summed E-state index contributed by atoms with van der Waals surface area (Å²) in [6, 6.07) is 11.6. The number of halogens is 2. The van der Waals surface area contributed by atoms with E-state index in [1.807, 2.05) is 36.4 Å². The summed E-state index contributed by atoms with van der Waals surface area (Å²) in [4.78, 5) is 0. The second-order valence-corrected chi connectivity index (χ2v) is 5.67. The SMILES string of the molecule is Nc1n[nH]c(-c2ccc(Br)o2)c1-c1ccc(Br)cc1. The Kier molecular flexibility index (Phi) is 3.20. The molecule has 6 heteroatoms. The number of nitrogen functional groups attached to an aromatic ring is 1. The minimum Gasteiger partial charge on any atom is -0.448 e. The number of nitrogens with zero attached hydrogens (tertiary/aromatic N) is 1. The normalized spacial score (nSPS) is 10.8. The van der Waals surface area contributed by atoms with Crippen LogP contribution in [0.3, 0.4) is 0 Å². The van der Waals surface area contributed by atoms with E-state index in [2.05, 4.69) is 42.1 Å². The van der Waals surface area contributed by atoms with Crippen molar-refractivity contribution in [2.24, 2.45) is 0 Å². The maximum atomic E-state index is 5.95. The van der Waals surface area contributed by atoms with Gasteiger partial charge < -0.3 is 10.2 Å². The molecular formula is C13H9Br2N3O. The Morgan fingerprint density at radius 1 is 1.05 bits per heavy atom. The molecule has 19 heavy (non-hydrogen) atoms. The molecule has 0 radical (unpaired) electrons. The predicted molar refractivity (Wildman–Crippen MR) is 81.5 cm³/mol. The van der Waals surface area contributed by atoms with Crippen molar-refractivity contribution < 1.29 is 4.42 Å². The molecule has 0 aliphatic rings. The van der Waals surface area contributed by atoms with Crippen LogP contribution < -0.4 is 5.73 Å². The zero-order valence-electron chi connectivity index (χ0n) is 9.65. The number of aromatic nitrogens is 2. The van der Waals surface area contributed by atoms with Crippen molar-refractivity contribution >= 4 is 37.7 Å². The average molecular weight is 383 g/mol. The molecule has 0 saturated heterocycles. The summed E-state index contributed by atoms with van der Waals surface area (Å²) in [6.45, 7) is 0. The van der Waals surface area contributed by atoms with E-state index in [9.17, 15) is 0 Å². The van der Waals surface area contributed by atoms with Crippen LogP contribution in [0.5, 0.6) is 0 Å². The third-order valence-electron chi connectivity index (χ3n) is 2.75. The number of anilines is 1. The molecule has 3 aromatic rings. The van der Waals surface area contributed by atoms with Crippen LogP contribution in [0.4, 0.5) is 5.82 Å². The van der Waals surface area contributed by atoms with E-state index in [4.69, 9.17) is 10.2 Å². The van der Waals surface area contributed by atoms with Crippen LogP contribution in [0.15, 0.2) is 50.0 Å². The van der Waals surface area contributed by atoms with Crippen molar-refractivity contribution in [1.82, 2.24) is 10.2 Å². The summed E-state index contributed by atoms with van der Waals surface area (Å²) < 4.78 is 7.23. The second-order valence-electron chi connectivity index (χ2n) is 3.97. The van der Waals surface area contributed by atoms with Crippen molar-refractivity contribution in [1.29, 1.82) is 0 Å². The summed E-state index contributed by atoms with van der Waals surface area (Å²) in [7, 11) is 0. The number of furan rings is 1. The maximum absolute atomic E-state index is 5.95. The van der Waals surface area contributed by atoms with Crippen LogP contribution in [0, 0.1) is 0 Å². The molecule has 2 aromatic heterocycles. The molecule has 4 nitrogen and oxygen atoms in total. The van der Waals surface area contributed by atoms with Crippen LogP contribution in [-0.2, 0) is 0 Å². The fourth-order valence-electron chi connectivity index (χ4n) is 1.89. The van der Waals surface area contributed by atoms with Gasteiger partial charge in [0, 0.05) is 4.47 Å². The third-order valence-corrected chi connectivity index (χ3v) is 3.70.